The van der Waals surface area contributed by atoms with Crippen LogP contribution in [0.25, 0.3) is 0 Å². The van der Waals surface area contributed by atoms with Crippen LogP contribution >= 0.6 is 11.8 Å². The van der Waals surface area contributed by atoms with Gasteiger partial charge in [0.15, 0.2) is 0 Å². The third kappa shape index (κ3) is 4.09. The summed E-state index contributed by atoms with van der Waals surface area (Å²) in [6, 6.07) is 18.4. The Hall–Kier alpha value is -1.45. The third-order valence-corrected chi connectivity index (χ3v) is 3.72. The van der Waals surface area contributed by atoms with Gasteiger partial charge in [0.05, 0.1) is 0 Å². The fraction of sp³-hybridized carbons (Fsp3) is 0.200. The molecule has 2 aromatic carbocycles. The van der Waals surface area contributed by atoms with E-state index in [4.69, 9.17) is 5.73 Å². The minimum atomic E-state index is 0.866. The minimum Gasteiger partial charge on any atom is -0.398 e. The summed E-state index contributed by atoms with van der Waals surface area (Å²) in [5, 5.41) is 3.43. The van der Waals surface area contributed by atoms with Gasteiger partial charge in [0, 0.05) is 29.4 Å². The van der Waals surface area contributed by atoms with Crippen LogP contribution in [0.4, 0.5) is 5.69 Å². The van der Waals surface area contributed by atoms with Gasteiger partial charge in [0.2, 0.25) is 0 Å². The highest BCUT2D eigenvalue weighted by atomic mass is 32.2. The van der Waals surface area contributed by atoms with Crippen molar-refractivity contribution in [1.82, 2.24) is 5.32 Å². The predicted molar refractivity (Wildman–Crippen MR) is 79.7 cm³/mol. The minimum absolute atomic E-state index is 0.866. The van der Waals surface area contributed by atoms with E-state index in [9.17, 15) is 0 Å². The van der Waals surface area contributed by atoms with Gasteiger partial charge in [-0.05, 0) is 17.7 Å². The Morgan fingerprint density at radius 1 is 0.944 bits per heavy atom. The molecule has 0 radical (unpaired) electrons. The molecule has 94 valence electrons. The Bertz CT molecular complexity index is 471. The molecule has 0 aliphatic carbocycles. The van der Waals surface area contributed by atoms with Crippen LogP contribution in [0.3, 0.4) is 0 Å². The molecule has 0 aromatic heterocycles. The van der Waals surface area contributed by atoms with Crippen molar-refractivity contribution in [3.63, 3.8) is 0 Å². The maximum atomic E-state index is 5.89. The number of thioether (sulfide) groups is 1. The monoisotopic (exact) mass is 258 g/mol. The molecule has 3 N–H and O–H groups in total. The summed E-state index contributed by atoms with van der Waals surface area (Å²) < 4.78 is 0. The van der Waals surface area contributed by atoms with Crippen molar-refractivity contribution >= 4 is 17.4 Å². The lowest BCUT2D eigenvalue weighted by Crippen LogP contribution is -2.16. The number of rotatable bonds is 6. The van der Waals surface area contributed by atoms with Crippen LogP contribution in [-0.2, 0) is 6.54 Å². The van der Waals surface area contributed by atoms with Gasteiger partial charge < -0.3 is 11.1 Å². The third-order valence-electron chi connectivity index (χ3n) is 2.63. The molecule has 18 heavy (non-hydrogen) atoms. The smallest absolute Gasteiger partial charge is 0.0452 e. The summed E-state index contributed by atoms with van der Waals surface area (Å²) in [7, 11) is 0. The number of hydrogen-bond acceptors (Lipinski definition) is 3. The lowest BCUT2D eigenvalue weighted by molar-refractivity contribution is 0.732. The molecule has 0 amide bonds. The largest absolute Gasteiger partial charge is 0.398 e. The van der Waals surface area contributed by atoms with E-state index in [0.29, 0.717) is 0 Å². The average molecular weight is 258 g/mol. The van der Waals surface area contributed by atoms with Gasteiger partial charge in [-0.3, -0.25) is 0 Å². The first-order chi connectivity index (χ1) is 8.86. The van der Waals surface area contributed by atoms with E-state index in [2.05, 4.69) is 35.6 Å². The molecule has 0 aliphatic heterocycles. The SMILES string of the molecule is Nc1ccccc1SCCNCc1ccccc1. The molecule has 0 fully saturated rings. The summed E-state index contributed by atoms with van der Waals surface area (Å²) in [5.74, 6) is 1.03. The van der Waals surface area contributed by atoms with Gasteiger partial charge in [-0.1, -0.05) is 42.5 Å². The summed E-state index contributed by atoms with van der Waals surface area (Å²) >= 11 is 1.79. The van der Waals surface area contributed by atoms with Gasteiger partial charge in [-0.15, -0.1) is 11.8 Å². The summed E-state index contributed by atoms with van der Waals surface area (Å²) in [4.78, 5) is 1.17. The van der Waals surface area contributed by atoms with Crippen molar-refractivity contribution in [3.8, 4) is 0 Å². The molecule has 0 atom stereocenters. The van der Waals surface area contributed by atoms with Crippen LogP contribution in [0.2, 0.25) is 0 Å². The number of anilines is 1. The van der Waals surface area contributed by atoms with E-state index in [1.807, 2.05) is 24.3 Å². The predicted octanol–water partition coefficient (Wildman–Crippen LogP) is 3.15. The molecule has 3 heteroatoms. The standard InChI is InChI=1S/C15H18N2S/c16-14-8-4-5-9-15(14)18-11-10-17-12-13-6-2-1-3-7-13/h1-9,17H,10-12,16H2. The van der Waals surface area contributed by atoms with Crippen LogP contribution in [0.15, 0.2) is 59.5 Å². The second-order valence-electron chi connectivity index (χ2n) is 4.05. The quantitative estimate of drug-likeness (QED) is 0.475. The van der Waals surface area contributed by atoms with Crippen molar-refractivity contribution in [2.45, 2.75) is 11.4 Å². The molecule has 0 heterocycles. The molecule has 2 aromatic rings. The molecule has 0 spiro atoms. The highest BCUT2D eigenvalue weighted by molar-refractivity contribution is 7.99. The highest BCUT2D eigenvalue weighted by Gasteiger charge is 1.97. The Morgan fingerprint density at radius 3 is 2.44 bits per heavy atom. The molecule has 0 unspecified atom stereocenters. The van der Waals surface area contributed by atoms with E-state index in [0.717, 1.165) is 24.5 Å². The zero-order valence-electron chi connectivity index (χ0n) is 10.3. The molecule has 0 saturated heterocycles. The van der Waals surface area contributed by atoms with Crippen molar-refractivity contribution in [1.29, 1.82) is 0 Å². The van der Waals surface area contributed by atoms with Gasteiger partial charge in [-0.2, -0.15) is 0 Å². The maximum Gasteiger partial charge on any atom is 0.0452 e. The molecule has 0 saturated carbocycles. The lowest BCUT2D eigenvalue weighted by atomic mass is 10.2. The van der Waals surface area contributed by atoms with E-state index < -0.39 is 0 Å². The topological polar surface area (TPSA) is 38.0 Å². The van der Waals surface area contributed by atoms with Crippen LogP contribution in [0, 0.1) is 0 Å². The molecule has 2 nitrogen and oxygen atoms in total. The Morgan fingerprint density at radius 2 is 1.67 bits per heavy atom. The van der Waals surface area contributed by atoms with E-state index in [1.54, 1.807) is 11.8 Å². The number of nitrogen functional groups attached to an aromatic ring is 1. The fourth-order valence-corrected chi connectivity index (χ4v) is 2.55. The zero-order chi connectivity index (χ0) is 12.6. The normalized spacial score (nSPS) is 10.4. The first-order valence-corrected chi connectivity index (χ1v) is 7.07. The number of para-hydroxylation sites is 1. The molecule has 2 rings (SSSR count). The van der Waals surface area contributed by atoms with Crippen molar-refractivity contribution in [2.24, 2.45) is 0 Å². The molecular formula is C15H18N2S. The van der Waals surface area contributed by atoms with E-state index in [-0.39, 0.29) is 0 Å². The second-order valence-corrected chi connectivity index (χ2v) is 5.19. The van der Waals surface area contributed by atoms with Gasteiger partial charge in [0.25, 0.3) is 0 Å². The van der Waals surface area contributed by atoms with Crippen LogP contribution in [0.5, 0.6) is 0 Å². The number of hydrogen-bond donors (Lipinski definition) is 2. The average Bonchev–Trinajstić information content (AvgIpc) is 2.42. The zero-order valence-corrected chi connectivity index (χ0v) is 11.1. The van der Waals surface area contributed by atoms with Crippen LogP contribution in [-0.4, -0.2) is 12.3 Å². The Balaban J connectivity index is 1.66. The molecule has 0 bridgehead atoms. The number of benzene rings is 2. The van der Waals surface area contributed by atoms with Gasteiger partial charge >= 0.3 is 0 Å². The van der Waals surface area contributed by atoms with Gasteiger partial charge in [-0.25, -0.2) is 0 Å². The van der Waals surface area contributed by atoms with E-state index >= 15 is 0 Å². The summed E-state index contributed by atoms with van der Waals surface area (Å²) in [6.45, 7) is 1.90. The first-order valence-electron chi connectivity index (χ1n) is 6.08. The fourth-order valence-electron chi connectivity index (χ4n) is 1.67. The second kappa shape index (κ2) is 7.09. The van der Waals surface area contributed by atoms with Gasteiger partial charge in [0.1, 0.15) is 0 Å². The Kier molecular flexibility index (Phi) is 5.12. The van der Waals surface area contributed by atoms with Crippen molar-refractivity contribution < 1.29 is 0 Å². The van der Waals surface area contributed by atoms with E-state index in [1.165, 1.54) is 10.5 Å². The lowest BCUT2D eigenvalue weighted by Gasteiger charge is -2.06. The maximum absolute atomic E-state index is 5.89. The van der Waals surface area contributed by atoms with Crippen LogP contribution in [0.1, 0.15) is 5.56 Å². The number of nitrogens with one attached hydrogen (secondary N) is 1. The summed E-state index contributed by atoms with van der Waals surface area (Å²) in [5.41, 5.74) is 8.07. The van der Waals surface area contributed by atoms with Crippen LogP contribution < -0.4 is 11.1 Å². The van der Waals surface area contributed by atoms with Crippen molar-refractivity contribution in [2.75, 3.05) is 18.0 Å². The molecular weight excluding hydrogens is 240 g/mol. The molecule has 0 aliphatic rings. The summed E-state index contributed by atoms with van der Waals surface area (Å²) in [6.07, 6.45) is 0. The first kappa shape index (κ1) is 13.0. The highest BCUT2D eigenvalue weighted by Crippen LogP contribution is 2.23. The number of nitrogens with two attached hydrogens (primary N) is 1. The Labute approximate surface area is 113 Å². The van der Waals surface area contributed by atoms with Crippen molar-refractivity contribution in [3.05, 3.63) is 60.2 Å².